The molecule has 13 amide bonds. The number of nitrogens with two attached hydrogens (primary N) is 11. The van der Waals surface area contributed by atoms with Crippen molar-refractivity contribution in [2.24, 2.45) is 102 Å². The second-order valence-corrected chi connectivity index (χ2v) is 28.3. The Hall–Kier alpha value is -10.5. The zero-order valence-corrected chi connectivity index (χ0v) is 65.5. The number of carbonyl (C=O) groups excluding carboxylic acids is 13. The Morgan fingerprint density at radius 2 is 0.730 bits per heavy atom. The molecule has 34 N–H and O–H groups in total. The zero-order chi connectivity index (χ0) is 84.0. The summed E-state index contributed by atoms with van der Waals surface area (Å²) in [5.74, 6) is -16.3. The number of nitrogens with zero attached hydrogens (tertiary/aromatic N) is 3. The van der Waals surface area contributed by atoms with E-state index in [-0.39, 0.29) is 127 Å². The van der Waals surface area contributed by atoms with Crippen molar-refractivity contribution in [1.29, 1.82) is 0 Å². The van der Waals surface area contributed by atoms with Crippen molar-refractivity contribution >= 4 is 101 Å². The van der Waals surface area contributed by atoms with Gasteiger partial charge >= 0.3 is 5.97 Å². The number of amides is 13. The molecule has 0 aromatic heterocycles. The molecule has 0 spiro atoms. The third-order valence-electron chi connectivity index (χ3n) is 18.1. The molecule has 1 aromatic carbocycles. The molecule has 0 heterocycles. The fourth-order valence-electron chi connectivity index (χ4n) is 11.3. The van der Waals surface area contributed by atoms with Gasteiger partial charge in [0.15, 0.2) is 17.9 Å². The topological polar surface area (TPSA) is 715 Å². The van der Waals surface area contributed by atoms with Crippen LogP contribution in [-0.4, -0.2) is 211 Å². The SMILES string of the molecule is CC[C@H](C)[C@H](NC(=O)[C@H](CCCN=C(N)N)NC(=O)[C@H](CCC(N)=O)NC(=O)[C@@H](NC(=O)[C@@H](NC(=O)[C@H](CCCN=C(N)N)NC(=O)[C@@H](N)CCCCN)[C@@H](C)CC)C(C)C)C(=O)N[C@@H](CCCCN)C(=O)N[C@@H](CC(=O)O)C(=O)N[C@@H](Cc1ccccc1)C(=O)N[C@@H](CC(C)C)C(=O)N[C@@H](CCCN=C(N)N)C(N)=O. The van der Waals surface area contributed by atoms with Crippen LogP contribution in [0.2, 0.25) is 0 Å². The minimum absolute atomic E-state index is 0.0170. The van der Waals surface area contributed by atoms with Gasteiger partial charge < -0.3 is 127 Å². The van der Waals surface area contributed by atoms with Crippen LogP contribution in [0.25, 0.3) is 0 Å². The number of hydrogen-bond donors (Lipinski definition) is 23. The quantitative estimate of drug-likeness (QED) is 0.0164. The second-order valence-electron chi connectivity index (χ2n) is 28.3. The fraction of sp³-hybridized carbons (Fsp3) is 0.676. The van der Waals surface area contributed by atoms with E-state index in [0.29, 0.717) is 37.8 Å². The van der Waals surface area contributed by atoms with Crippen LogP contribution in [0.4, 0.5) is 0 Å². The Morgan fingerprint density at radius 3 is 1.15 bits per heavy atom. The van der Waals surface area contributed by atoms with Gasteiger partial charge in [-0.3, -0.25) is 82.1 Å². The van der Waals surface area contributed by atoms with Gasteiger partial charge in [0.05, 0.1) is 12.5 Å². The number of carboxylic acids is 1. The molecule has 1 rings (SSSR count). The molecule has 0 saturated carbocycles. The standard InChI is InChI=1S/C71H127N25O15/c1-9-40(7)55(67(110)89-45(24-15-17-31-73)59(102)93-51(37-53(98)99)65(108)92-50(36-42-21-12-11-13-22-42)64(107)91-49(35-38(3)4)63(106)86-44(57(76)100)25-18-32-83-69(77)78)95-62(105)47(27-20-34-85-71(81)82)88-60(103)48(28-29-52(75)97)90-66(109)54(39(5)6)94-68(111)56(41(8)10-2)96-61(104)46(26-19-33-84-70(79)80)87-58(101)43(74)23-14-16-30-72/h11-13,21-22,38-41,43-51,54-56H,9-10,14-20,23-37,72-74H2,1-8H3,(H2,75,97)(H2,76,100)(H,86,106)(H,87,101)(H,88,103)(H,89,110)(H,90,109)(H,91,107)(H,92,108)(H,93,102)(H,94,111)(H,95,105)(H,96,104)(H,98,99)(H4,77,78,83)(H4,79,80,84)(H4,81,82,85)/t40-,41-,43-,44-,45-,46-,47-,48-,49-,50-,51-,54-,55-,56-/m0/s1. The Balaban J connectivity index is 3.81. The zero-order valence-electron chi connectivity index (χ0n) is 65.5. The van der Waals surface area contributed by atoms with E-state index < -0.39 is 192 Å². The van der Waals surface area contributed by atoms with Crippen molar-refractivity contribution in [3.8, 4) is 0 Å². The molecule has 14 atom stereocenters. The summed E-state index contributed by atoms with van der Waals surface area (Å²) in [6.07, 6.45) is 0.466. The maximum atomic E-state index is 14.8. The van der Waals surface area contributed by atoms with E-state index >= 15 is 0 Å². The lowest BCUT2D eigenvalue weighted by atomic mass is 9.95. The highest BCUT2D eigenvalue weighted by atomic mass is 16.4. The van der Waals surface area contributed by atoms with Crippen LogP contribution in [0.3, 0.4) is 0 Å². The van der Waals surface area contributed by atoms with E-state index in [2.05, 4.69) is 73.5 Å². The van der Waals surface area contributed by atoms with E-state index in [1.165, 1.54) is 0 Å². The van der Waals surface area contributed by atoms with Crippen LogP contribution in [0.1, 0.15) is 177 Å². The van der Waals surface area contributed by atoms with Gasteiger partial charge in [-0.2, -0.15) is 0 Å². The lowest BCUT2D eigenvalue weighted by molar-refractivity contribution is -0.141. The Morgan fingerprint density at radius 1 is 0.387 bits per heavy atom. The van der Waals surface area contributed by atoms with E-state index in [1.807, 2.05) is 0 Å². The summed E-state index contributed by atoms with van der Waals surface area (Å²) in [5, 5.41) is 38.9. The number of carboxylic acid groups (broad SMARTS) is 1. The maximum Gasteiger partial charge on any atom is 0.305 e. The van der Waals surface area contributed by atoms with Crippen LogP contribution in [-0.2, 0) is 73.5 Å². The summed E-state index contributed by atoms with van der Waals surface area (Å²) in [7, 11) is 0. The second kappa shape index (κ2) is 53.4. The molecule has 626 valence electrons. The van der Waals surface area contributed by atoms with Gasteiger partial charge in [0.1, 0.15) is 66.5 Å². The molecule has 40 nitrogen and oxygen atoms in total. The monoisotopic (exact) mass is 1570 g/mol. The normalized spacial score (nSPS) is 14.9. The molecule has 1 aromatic rings. The summed E-state index contributed by atoms with van der Waals surface area (Å²) in [6.45, 7) is 14.1. The van der Waals surface area contributed by atoms with Crippen molar-refractivity contribution in [2.45, 2.75) is 250 Å². The smallest absolute Gasteiger partial charge is 0.305 e. The third kappa shape index (κ3) is 40.1. The highest BCUT2D eigenvalue weighted by molar-refractivity contribution is 6.00. The molecule has 0 aliphatic carbocycles. The summed E-state index contributed by atoms with van der Waals surface area (Å²) in [4.78, 5) is 207. The van der Waals surface area contributed by atoms with Crippen LogP contribution in [0.15, 0.2) is 45.3 Å². The lowest BCUT2D eigenvalue weighted by Gasteiger charge is -2.31. The molecular weight excluding hydrogens is 1440 g/mol. The molecule has 40 heteroatoms. The minimum Gasteiger partial charge on any atom is -0.481 e. The number of hydrogen-bond acceptors (Lipinski definition) is 20. The summed E-state index contributed by atoms with van der Waals surface area (Å²) in [6, 6.07) is -8.88. The number of aliphatic imine (C=N–C) groups is 3. The number of nitrogens with one attached hydrogen (secondary N) is 11. The molecule has 0 unspecified atom stereocenters. The first kappa shape index (κ1) is 98.5. The first-order valence-corrected chi connectivity index (χ1v) is 37.8. The Bertz CT molecular complexity index is 3260. The largest absolute Gasteiger partial charge is 0.481 e. The van der Waals surface area contributed by atoms with Crippen molar-refractivity contribution in [3.63, 3.8) is 0 Å². The molecule has 0 saturated heterocycles. The summed E-state index contributed by atoms with van der Waals surface area (Å²) < 4.78 is 0. The number of benzene rings is 1. The number of carbonyl (C=O) groups is 14. The van der Waals surface area contributed by atoms with E-state index in [0.717, 1.165) is 0 Å². The van der Waals surface area contributed by atoms with Crippen molar-refractivity contribution in [1.82, 2.24) is 58.5 Å². The molecular formula is C71H127N25O15. The Labute approximate surface area is 649 Å². The van der Waals surface area contributed by atoms with Gasteiger partial charge in [0, 0.05) is 32.5 Å². The molecule has 0 aliphatic rings. The number of rotatable bonds is 57. The van der Waals surface area contributed by atoms with Gasteiger partial charge in [-0.05, 0) is 126 Å². The molecule has 0 bridgehead atoms. The molecule has 0 aliphatic heterocycles. The fourth-order valence-corrected chi connectivity index (χ4v) is 11.3. The first-order valence-electron chi connectivity index (χ1n) is 37.8. The Kier molecular flexibility index (Phi) is 47.3. The molecule has 0 fully saturated rings. The van der Waals surface area contributed by atoms with E-state index in [1.54, 1.807) is 85.7 Å². The predicted octanol–water partition coefficient (Wildman–Crippen LogP) is -5.67. The van der Waals surface area contributed by atoms with Crippen LogP contribution >= 0.6 is 0 Å². The van der Waals surface area contributed by atoms with E-state index in [4.69, 9.17) is 63.1 Å². The van der Waals surface area contributed by atoms with Crippen LogP contribution < -0.4 is 122 Å². The number of aliphatic carboxylic acids is 1. The van der Waals surface area contributed by atoms with Gasteiger partial charge in [-0.1, -0.05) is 105 Å². The van der Waals surface area contributed by atoms with Crippen molar-refractivity contribution < 1.29 is 72.2 Å². The average Bonchev–Trinajstić information content (AvgIpc) is 0.851. The van der Waals surface area contributed by atoms with Crippen molar-refractivity contribution in [3.05, 3.63) is 35.9 Å². The molecule has 0 radical (unpaired) electrons. The predicted molar refractivity (Wildman–Crippen MR) is 418 cm³/mol. The summed E-state index contributed by atoms with van der Waals surface area (Å²) in [5.41, 5.74) is 62.4. The lowest BCUT2D eigenvalue weighted by Crippen LogP contribution is -2.62. The number of guanidine groups is 3. The van der Waals surface area contributed by atoms with Gasteiger partial charge in [-0.25, -0.2) is 0 Å². The molecule has 111 heavy (non-hydrogen) atoms. The van der Waals surface area contributed by atoms with Crippen molar-refractivity contribution in [2.75, 3.05) is 32.7 Å². The highest BCUT2D eigenvalue weighted by Gasteiger charge is 2.39. The number of primary amides is 2. The highest BCUT2D eigenvalue weighted by Crippen LogP contribution is 2.17. The minimum atomic E-state index is -1.93. The van der Waals surface area contributed by atoms with Gasteiger partial charge in [0.25, 0.3) is 0 Å². The summed E-state index contributed by atoms with van der Waals surface area (Å²) >= 11 is 0. The van der Waals surface area contributed by atoms with E-state index in [9.17, 15) is 72.2 Å². The average molecular weight is 1570 g/mol. The maximum absolute atomic E-state index is 14.8. The van der Waals surface area contributed by atoms with Gasteiger partial charge in [-0.15, -0.1) is 0 Å². The number of unbranched alkanes of at least 4 members (excludes halogenated alkanes) is 2. The van der Waals surface area contributed by atoms with Crippen LogP contribution in [0.5, 0.6) is 0 Å². The van der Waals surface area contributed by atoms with Crippen LogP contribution in [0, 0.1) is 23.7 Å². The first-order chi connectivity index (χ1) is 52.3. The van der Waals surface area contributed by atoms with Gasteiger partial charge in [0.2, 0.25) is 76.8 Å². The third-order valence-corrected chi connectivity index (χ3v) is 18.1.